The third kappa shape index (κ3) is 1.88. The van der Waals surface area contributed by atoms with Crippen LogP contribution in [0.4, 0.5) is 0 Å². The van der Waals surface area contributed by atoms with Gasteiger partial charge < -0.3 is 9.84 Å². The number of aliphatic hydroxyl groups excluding tert-OH is 1. The Morgan fingerprint density at radius 1 is 1.72 bits per heavy atom. The molecule has 0 aromatic carbocycles. The summed E-state index contributed by atoms with van der Waals surface area (Å²) in [4.78, 5) is 18.2. The van der Waals surface area contributed by atoms with E-state index < -0.39 is 0 Å². The van der Waals surface area contributed by atoms with Crippen molar-refractivity contribution < 1.29 is 9.84 Å². The van der Waals surface area contributed by atoms with Gasteiger partial charge >= 0.3 is 5.69 Å². The highest BCUT2D eigenvalue weighted by atomic mass is 32.2. The number of rotatable bonds is 2. The molecule has 1 aliphatic rings. The number of thioether (sulfide) groups is 1. The van der Waals surface area contributed by atoms with Crippen molar-refractivity contribution in [1.82, 2.24) is 19.6 Å². The van der Waals surface area contributed by atoms with E-state index in [-0.39, 0.29) is 28.6 Å². The van der Waals surface area contributed by atoms with Crippen molar-refractivity contribution in [3.63, 3.8) is 0 Å². The molecule has 2 aromatic rings. The summed E-state index contributed by atoms with van der Waals surface area (Å²) in [6.07, 6.45) is 1.48. The van der Waals surface area contributed by atoms with Crippen LogP contribution in [-0.4, -0.2) is 42.5 Å². The molecule has 0 aliphatic carbocycles. The molecule has 2 aromatic heterocycles. The average Bonchev–Trinajstić information content (AvgIpc) is 2.93. The summed E-state index contributed by atoms with van der Waals surface area (Å²) in [7, 11) is 0. The zero-order valence-electron chi connectivity index (χ0n) is 9.12. The largest absolute Gasteiger partial charge is 0.393 e. The number of ether oxygens (including phenoxy) is 1. The summed E-state index contributed by atoms with van der Waals surface area (Å²) in [5, 5.41) is 11.8. The molecule has 0 radical (unpaired) electrons. The first-order chi connectivity index (χ1) is 8.69. The van der Waals surface area contributed by atoms with Gasteiger partial charge in [0.25, 0.3) is 0 Å². The SMILES string of the molecule is O=c1[nH]c(=S)nc2c(C3CSC(CO)O3)c[nH]n12. The summed E-state index contributed by atoms with van der Waals surface area (Å²) in [6, 6.07) is 0. The molecule has 0 spiro atoms. The summed E-state index contributed by atoms with van der Waals surface area (Å²) >= 11 is 6.42. The maximum atomic E-state index is 11.6. The Balaban J connectivity index is 2.08. The monoisotopic (exact) mass is 286 g/mol. The molecule has 0 saturated carbocycles. The van der Waals surface area contributed by atoms with Gasteiger partial charge in [-0.1, -0.05) is 0 Å². The number of nitrogens with zero attached hydrogens (tertiary/aromatic N) is 2. The van der Waals surface area contributed by atoms with Gasteiger partial charge in [-0.05, 0) is 12.2 Å². The maximum Gasteiger partial charge on any atom is 0.348 e. The minimum atomic E-state index is -0.361. The van der Waals surface area contributed by atoms with Gasteiger partial charge in [-0.2, -0.15) is 9.50 Å². The van der Waals surface area contributed by atoms with Gasteiger partial charge in [0.2, 0.25) is 4.77 Å². The van der Waals surface area contributed by atoms with Gasteiger partial charge in [0, 0.05) is 17.5 Å². The molecule has 0 amide bonds. The Morgan fingerprint density at radius 2 is 2.56 bits per heavy atom. The van der Waals surface area contributed by atoms with Crippen LogP contribution in [0.3, 0.4) is 0 Å². The molecule has 3 N–H and O–H groups in total. The number of aromatic amines is 2. The predicted octanol–water partition coefficient (Wildman–Crippen LogP) is 0.203. The minimum Gasteiger partial charge on any atom is -0.393 e. The van der Waals surface area contributed by atoms with Gasteiger partial charge in [-0.3, -0.25) is 10.1 Å². The van der Waals surface area contributed by atoms with E-state index in [4.69, 9.17) is 22.1 Å². The van der Waals surface area contributed by atoms with Crippen molar-refractivity contribution in [3.8, 4) is 0 Å². The molecule has 1 fully saturated rings. The highest BCUT2D eigenvalue weighted by Crippen LogP contribution is 2.35. The fraction of sp³-hybridized carbons (Fsp3) is 0.444. The van der Waals surface area contributed by atoms with Crippen molar-refractivity contribution in [2.45, 2.75) is 11.5 Å². The second kappa shape index (κ2) is 4.50. The van der Waals surface area contributed by atoms with Crippen LogP contribution in [0.2, 0.25) is 0 Å². The summed E-state index contributed by atoms with van der Waals surface area (Å²) in [5.74, 6) is 0.708. The number of nitrogens with one attached hydrogen (secondary N) is 2. The Morgan fingerprint density at radius 3 is 3.28 bits per heavy atom. The maximum absolute atomic E-state index is 11.6. The van der Waals surface area contributed by atoms with E-state index in [1.807, 2.05) is 0 Å². The van der Waals surface area contributed by atoms with Crippen molar-refractivity contribution in [3.05, 3.63) is 27.0 Å². The summed E-state index contributed by atoms with van der Waals surface area (Å²) in [6.45, 7) is -0.0308. The molecule has 7 nitrogen and oxygen atoms in total. The van der Waals surface area contributed by atoms with E-state index in [0.717, 1.165) is 5.56 Å². The first-order valence-electron chi connectivity index (χ1n) is 5.27. The molecule has 1 aliphatic heterocycles. The van der Waals surface area contributed by atoms with Gasteiger partial charge in [0.1, 0.15) is 5.44 Å². The normalized spacial score (nSPS) is 23.8. The fourth-order valence-electron chi connectivity index (χ4n) is 1.88. The lowest BCUT2D eigenvalue weighted by Crippen LogP contribution is -2.19. The molecule has 1 saturated heterocycles. The van der Waals surface area contributed by atoms with E-state index in [0.29, 0.717) is 11.4 Å². The molecule has 9 heteroatoms. The van der Waals surface area contributed by atoms with Crippen LogP contribution >= 0.6 is 24.0 Å². The van der Waals surface area contributed by atoms with E-state index in [1.54, 1.807) is 6.20 Å². The van der Waals surface area contributed by atoms with Gasteiger partial charge in [0.05, 0.1) is 12.7 Å². The van der Waals surface area contributed by atoms with Gasteiger partial charge in [0.15, 0.2) is 5.65 Å². The van der Waals surface area contributed by atoms with Crippen LogP contribution in [0.5, 0.6) is 0 Å². The lowest BCUT2D eigenvalue weighted by atomic mass is 10.2. The van der Waals surface area contributed by atoms with Crippen LogP contribution in [0.1, 0.15) is 11.7 Å². The highest BCUT2D eigenvalue weighted by Gasteiger charge is 2.29. The number of fused-ring (bicyclic) bond motifs is 1. The Kier molecular flexibility index (Phi) is 2.98. The summed E-state index contributed by atoms with van der Waals surface area (Å²) in [5.41, 5.74) is 0.652. The molecule has 0 bridgehead atoms. The van der Waals surface area contributed by atoms with Crippen molar-refractivity contribution in [1.29, 1.82) is 0 Å². The molecule has 3 rings (SSSR count). The Labute approximate surface area is 110 Å². The third-order valence-corrected chi connectivity index (χ3v) is 4.01. The van der Waals surface area contributed by atoms with E-state index >= 15 is 0 Å². The van der Waals surface area contributed by atoms with Crippen molar-refractivity contribution in [2.24, 2.45) is 0 Å². The first-order valence-corrected chi connectivity index (χ1v) is 6.73. The van der Waals surface area contributed by atoms with Gasteiger partial charge in [-0.25, -0.2) is 4.79 Å². The lowest BCUT2D eigenvalue weighted by Gasteiger charge is -2.08. The average molecular weight is 286 g/mol. The fourth-order valence-corrected chi connectivity index (χ4v) is 3.02. The quantitative estimate of drug-likeness (QED) is 0.683. The van der Waals surface area contributed by atoms with Crippen molar-refractivity contribution >= 4 is 29.6 Å². The third-order valence-electron chi connectivity index (χ3n) is 2.69. The van der Waals surface area contributed by atoms with Crippen molar-refractivity contribution in [2.75, 3.05) is 12.4 Å². The van der Waals surface area contributed by atoms with E-state index in [2.05, 4.69) is 15.1 Å². The number of hydrogen-bond donors (Lipinski definition) is 3. The number of H-pyrrole nitrogens is 2. The van der Waals surface area contributed by atoms with Crippen LogP contribution in [-0.2, 0) is 4.74 Å². The second-order valence-corrected chi connectivity index (χ2v) is 5.38. The smallest absolute Gasteiger partial charge is 0.348 e. The molecule has 2 unspecified atom stereocenters. The number of aliphatic hydroxyl groups is 1. The molecule has 18 heavy (non-hydrogen) atoms. The minimum absolute atomic E-state index is 0.0308. The number of aromatic nitrogens is 4. The van der Waals surface area contributed by atoms with Crippen LogP contribution < -0.4 is 5.69 Å². The molecule has 3 heterocycles. The lowest BCUT2D eigenvalue weighted by molar-refractivity contribution is 0.0350. The Hall–Kier alpha value is -1.16. The first kappa shape index (κ1) is 11.9. The highest BCUT2D eigenvalue weighted by molar-refractivity contribution is 8.00. The Bertz CT molecular complexity index is 691. The standard InChI is InChI=1S/C9H10N4O3S2/c14-2-6-16-5(3-18-6)4-1-10-13-7(4)11-8(17)12-9(13)15/h1,5-6,10,14H,2-3H2,(H,12,15,17). The second-order valence-electron chi connectivity index (χ2n) is 3.81. The van der Waals surface area contributed by atoms with Crippen LogP contribution in [0.15, 0.2) is 11.0 Å². The zero-order valence-corrected chi connectivity index (χ0v) is 10.8. The molecule has 96 valence electrons. The van der Waals surface area contributed by atoms with E-state index in [1.165, 1.54) is 16.3 Å². The molecular weight excluding hydrogens is 276 g/mol. The van der Waals surface area contributed by atoms with Crippen LogP contribution in [0.25, 0.3) is 5.65 Å². The van der Waals surface area contributed by atoms with Gasteiger partial charge in [-0.15, -0.1) is 11.8 Å². The summed E-state index contributed by atoms with van der Waals surface area (Å²) < 4.78 is 7.06. The predicted molar refractivity (Wildman–Crippen MR) is 68.2 cm³/mol. The number of hydrogen-bond acceptors (Lipinski definition) is 6. The molecule has 2 atom stereocenters. The van der Waals surface area contributed by atoms with E-state index in [9.17, 15) is 4.79 Å². The zero-order chi connectivity index (χ0) is 12.7. The van der Waals surface area contributed by atoms with Crippen LogP contribution in [0, 0.1) is 4.77 Å². The topological polar surface area (TPSA) is 95.4 Å². The molecular formula is C9H10N4O3S2.